The third-order valence-corrected chi connectivity index (χ3v) is 6.83. The average Bonchev–Trinajstić information content (AvgIpc) is 3.00. The van der Waals surface area contributed by atoms with Crippen molar-refractivity contribution >= 4 is 30.4 Å². The van der Waals surface area contributed by atoms with Crippen LogP contribution in [0.4, 0.5) is 17.1 Å². The van der Waals surface area contributed by atoms with Crippen LogP contribution in [-0.2, 0) is 0 Å². The van der Waals surface area contributed by atoms with Gasteiger partial charge < -0.3 is 4.90 Å². The van der Waals surface area contributed by atoms with Gasteiger partial charge in [0.05, 0.1) is 0 Å². The zero-order valence-electron chi connectivity index (χ0n) is 21.0. The molecule has 0 amide bonds. The molecule has 0 spiro atoms. The molecule has 6 aromatic carbocycles. The first-order chi connectivity index (χ1) is 18.7. The minimum atomic E-state index is 0.773. The summed E-state index contributed by atoms with van der Waals surface area (Å²) in [7, 11) is 5.89. The van der Waals surface area contributed by atoms with E-state index in [0.29, 0.717) is 0 Å². The van der Waals surface area contributed by atoms with Crippen LogP contribution in [0, 0.1) is 0 Å². The lowest BCUT2D eigenvalue weighted by Crippen LogP contribution is -2.09. The second kappa shape index (κ2) is 10.7. The number of benzene rings is 6. The fourth-order valence-corrected chi connectivity index (χ4v) is 4.79. The maximum Gasteiger partial charge on any atom is 0.113 e. The van der Waals surface area contributed by atoms with E-state index in [2.05, 4.69) is 138 Å². The SMILES string of the molecule is [B]c1ccc(-c2ccc(N(c3ccc(-c4ccccc4)cc3)c3ccc(-c4ccccc4)cc3)cc2)cc1. The zero-order chi connectivity index (χ0) is 25.7. The van der Waals surface area contributed by atoms with Gasteiger partial charge in [-0.2, -0.15) is 0 Å². The first-order valence-corrected chi connectivity index (χ1v) is 12.8. The van der Waals surface area contributed by atoms with E-state index < -0.39 is 0 Å². The van der Waals surface area contributed by atoms with Gasteiger partial charge in [-0.15, -0.1) is 0 Å². The van der Waals surface area contributed by atoms with E-state index in [1.165, 1.54) is 22.3 Å². The molecule has 2 radical (unpaired) electrons. The molecule has 0 atom stereocenters. The Morgan fingerprint density at radius 1 is 0.289 bits per heavy atom. The number of hydrogen-bond acceptors (Lipinski definition) is 1. The van der Waals surface area contributed by atoms with Gasteiger partial charge in [0.2, 0.25) is 0 Å². The minimum absolute atomic E-state index is 0.773. The summed E-state index contributed by atoms with van der Waals surface area (Å²) in [6.07, 6.45) is 0. The van der Waals surface area contributed by atoms with Crippen molar-refractivity contribution in [2.24, 2.45) is 0 Å². The van der Waals surface area contributed by atoms with Crippen molar-refractivity contribution < 1.29 is 0 Å². The monoisotopic (exact) mass is 483 g/mol. The summed E-state index contributed by atoms with van der Waals surface area (Å²) < 4.78 is 0. The van der Waals surface area contributed by atoms with Crippen LogP contribution in [0.5, 0.6) is 0 Å². The van der Waals surface area contributed by atoms with Crippen LogP contribution in [0.25, 0.3) is 33.4 Å². The molecule has 0 heterocycles. The summed E-state index contributed by atoms with van der Waals surface area (Å²) in [5.41, 5.74) is 11.2. The molecule has 0 fully saturated rings. The highest BCUT2D eigenvalue weighted by Crippen LogP contribution is 2.37. The average molecular weight is 483 g/mol. The highest BCUT2D eigenvalue weighted by atomic mass is 15.1. The van der Waals surface area contributed by atoms with Crippen LogP contribution in [0.1, 0.15) is 0 Å². The predicted molar refractivity (Wildman–Crippen MR) is 163 cm³/mol. The van der Waals surface area contributed by atoms with Crippen LogP contribution in [-0.4, -0.2) is 7.85 Å². The Balaban J connectivity index is 1.38. The van der Waals surface area contributed by atoms with E-state index >= 15 is 0 Å². The largest absolute Gasteiger partial charge is 0.311 e. The summed E-state index contributed by atoms with van der Waals surface area (Å²) in [5.74, 6) is 0. The molecule has 0 unspecified atom stereocenters. The second-order valence-electron chi connectivity index (χ2n) is 9.33. The molecule has 0 aliphatic carbocycles. The van der Waals surface area contributed by atoms with Gasteiger partial charge in [0, 0.05) is 17.1 Å². The smallest absolute Gasteiger partial charge is 0.113 e. The first-order valence-electron chi connectivity index (χ1n) is 12.8. The molecule has 0 saturated carbocycles. The van der Waals surface area contributed by atoms with Gasteiger partial charge in [0.15, 0.2) is 0 Å². The summed E-state index contributed by atoms with van der Waals surface area (Å²) in [5, 5.41) is 0. The van der Waals surface area contributed by atoms with Gasteiger partial charge in [-0.3, -0.25) is 0 Å². The molecular formula is C36H26BN. The fourth-order valence-electron chi connectivity index (χ4n) is 4.79. The summed E-state index contributed by atoms with van der Waals surface area (Å²) in [6.45, 7) is 0. The first kappa shape index (κ1) is 23.6. The molecule has 6 aromatic rings. The lowest BCUT2D eigenvalue weighted by molar-refractivity contribution is 1.28. The molecule has 0 bridgehead atoms. The molecule has 0 N–H and O–H groups in total. The molecule has 0 saturated heterocycles. The quantitative estimate of drug-likeness (QED) is 0.214. The Bertz CT molecular complexity index is 1520. The third-order valence-electron chi connectivity index (χ3n) is 6.83. The van der Waals surface area contributed by atoms with Crippen molar-refractivity contribution in [2.75, 3.05) is 4.90 Å². The molecule has 38 heavy (non-hydrogen) atoms. The van der Waals surface area contributed by atoms with Gasteiger partial charge in [-0.1, -0.05) is 127 Å². The third kappa shape index (κ3) is 5.03. The Morgan fingerprint density at radius 3 is 0.868 bits per heavy atom. The van der Waals surface area contributed by atoms with E-state index in [-0.39, 0.29) is 0 Å². The zero-order valence-corrected chi connectivity index (χ0v) is 21.0. The van der Waals surface area contributed by atoms with Crippen LogP contribution < -0.4 is 10.4 Å². The van der Waals surface area contributed by atoms with Crippen LogP contribution in [0.15, 0.2) is 158 Å². The van der Waals surface area contributed by atoms with Crippen molar-refractivity contribution in [3.8, 4) is 33.4 Å². The predicted octanol–water partition coefficient (Wildman–Crippen LogP) is 8.95. The van der Waals surface area contributed by atoms with Gasteiger partial charge in [-0.25, -0.2) is 0 Å². The van der Waals surface area contributed by atoms with Crippen molar-refractivity contribution in [3.63, 3.8) is 0 Å². The minimum Gasteiger partial charge on any atom is -0.311 e. The van der Waals surface area contributed by atoms with Gasteiger partial charge >= 0.3 is 0 Å². The number of nitrogens with zero attached hydrogens (tertiary/aromatic N) is 1. The molecular weight excluding hydrogens is 457 g/mol. The number of anilines is 3. The fraction of sp³-hybridized carbons (Fsp3) is 0. The van der Waals surface area contributed by atoms with Gasteiger partial charge in [-0.05, 0) is 69.8 Å². The molecule has 6 rings (SSSR count). The molecule has 0 aromatic heterocycles. The normalized spacial score (nSPS) is 10.7. The van der Waals surface area contributed by atoms with E-state index in [9.17, 15) is 0 Å². The van der Waals surface area contributed by atoms with Crippen molar-refractivity contribution in [1.82, 2.24) is 0 Å². The summed E-state index contributed by atoms with van der Waals surface area (Å²) in [6, 6.07) is 55.2. The second-order valence-corrected chi connectivity index (χ2v) is 9.33. The number of rotatable bonds is 6. The Kier molecular flexibility index (Phi) is 6.61. The lowest BCUT2D eigenvalue weighted by atomic mass is 9.93. The van der Waals surface area contributed by atoms with Gasteiger partial charge in [0.1, 0.15) is 7.85 Å². The highest BCUT2D eigenvalue weighted by Gasteiger charge is 2.13. The van der Waals surface area contributed by atoms with Crippen molar-refractivity contribution in [1.29, 1.82) is 0 Å². The van der Waals surface area contributed by atoms with Crippen LogP contribution >= 0.6 is 0 Å². The van der Waals surface area contributed by atoms with Crippen molar-refractivity contribution in [3.05, 3.63) is 158 Å². The molecule has 2 heteroatoms. The van der Waals surface area contributed by atoms with E-state index in [1.54, 1.807) is 0 Å². The van der Waals surface area contributed by atoms with Gasteiger partial charge in [0.25, 0.3) is 0 Å². The highest BCUT2D eigenvalue weighted by molar-refractivity contribution is 6.32. The van der Waals surface area contributed by atoms with Crippen LogP contribution in [0.3, 0.4) is 0 Å². The Labute approximate surface area is 226 Å². The maximum atomic E-state index is 5.89. The van der Waals surface area contributed by atoms with E-state index in [1.807, 2.05) is 24.3 Å². The molecule has 178 valence electrons. The molecule has 0 aliphatic rings. The maximum absolute atomic E-state index is 5.89. The van der Waals surface area contributed by atoms with E-state index in [0.717, 1.165) is 33.7 Å². The molecule has 0 aliphatic heterocycles. The summed E-state index contributed by atoms with van der Waals surface area (Å²) in [4.78, 5) is 2.30. The van der Waals surface area contributed by atoms with Crippen molar-refractivity contribution in [2.45, 2.75) is 0 Å². The van der Waals surface area contributed by atoms with Crippen LogP contribution in [0.2, 0.25) is 0 Å². The number of hydrogen-bond donors (Lipinski definition) is 0. The Morgan fingerprint density at radius 2 is 0.553 bits per heavy atom. The molecule has 1 nitrogen and oxygen atoms in total. The summed E-state index contributed by atoms with van der Waals surface area (Å²) >= 11 is 0. The topological polar surface area (TPSA) is 3.24 Å². The Hall–Kier alpha value is -4.82. The standard InChI is InChI=1S/C36H26BN/c37-33-19-11-29(12-20-33)32-17-25-36(26-18-32)38(34-21-13-30(14-22-34)27-7-3-1-4-8-27)35-23-15-31(16-24-35)28-9-5-2-6-10-28/h1-26H. The van der Waals surface area contributed by atoms with E-state index in [4.69, 9.17) is 7.85 Å². The lowest BCUT2D eigenvalue weighted by Gasteiger charge is -2.26.